The molecule has 6 heteroatoms. The van der Waals surface area contributed by atoms with Gasteiger partial charge in [-0.05, 0) is 23.8 Å². The normalized spacial score (nSPS) is 16.0. The predicted octanol–water partition coefficient (Wildman–Crippen LogP) is 2.59. The Balaban J connectivity index is 1.54. The number of nitrogens with one attached hydrogen (secondary N) is 2. The molecular formula is C20H20N4O2. The fourth-order valence-corrected chi connectivity index (χ4v) is 3.06. The summed E-state index contributed by atoms with van der Waals surface area (Å²) < 4.78 is 6.97. The van der Waals surface area contributed by atoms with Crippen LogP contribution in [0.4, 0.5) is 0 Å². The first-order valence-corrected chi connectivity index (χ1v) is 8.54. The highest BCUT2D eigenvalue weighted by Gasteiger charge is 2.27. The number of carbonyl (C=O) groups excluding carboxylic acids is 1. The van der Waals surface area contributed by atoms with E-state index in [-0.39, 0.29) is 12.1 Å². The molecule has 2 N–H and O–H groups in total. The molecule has 1 amide bonds. The number of aromatic nitrogens is 2. The largest absolute Gasteiger partial charge is 0.497 e. The molecule has 0 bridgehead atoms. The van der Waals surface area contributed by atoms with Gasteiger partial charge in [-0.15, -0.1) is 0 Å². The summed E-state index contributed by atoms with van der Waals surface area (Å²) in [6.45, 7) is 1.17. The maximum atomic E-state index is 12.2. The van der Waals surface area contributed by atoms with Crippen LogP contribution < -0.4 is 15.4 Å². The second-order valence-corrected chi connectivity index (χ2v) is 6.18. The number of hydrogen-bond donors (Lipinski definition) is 2. The molecule has 1 aromatic heterocycles. The van der Waals surface area contributed by atoms with E-state index in [1.807, 2.05) is 60.7 Å². The standard InChI is InChI=1S/C20H20N4O2/c1-26-16-9-7-14(8-10-16)12-21-19-13-22-20(25)18-11-17(23-24(18)19)15-5-3-2-4-6-15/h2-11,19,21H,12-13H2,1H3,(H,22,25). The van der Waals surface area contributed by atoms with Crippen molar-refractivity contribution in [3.8, 4) is 17.0 Å². The van der Waals surface area contributed by atoms with Gasteiger partial charge in [0.05, 0.1) is 19.3 Å². The van der Waals surface area contributed by atoms with E-state index in [1.54, 1.807) is 11.8 Å². The summed E-state index contributed by atoms with van der Waals surface area (Å²) in [6.07, 6.45) is -0.0951. The smallest absolute Gasteiger partial charge is 0.269 e. The van der Waals surface area contributed by atoms with Crippen molar-refractivity contribution in [1.29, 1.82) is 0 Å². The van der Waals surface area contributed by atoms with E-state index in [0.29, 0.717) is 18.8 Å². The van der Waals surface area contributed by atoms with Crippen molar-refractivity contribution in [2.75, 3.05) is 13.7 Å². The van der Waals surface area contributed by atoms with Crippen molar-refractivity contribution in [2.45, 2.75) is 12.7 Å². The van der Waals surface area contributed by atoms with Gasteiger partial charge in [-0.2, -0.15) is 5.10 Å². The van der Waals surface area contributed by atoms with Gasteiger partial charge in [-0.25, -0.2) is 4.68 Å². The molecule has 1 aliphatic rings. The highest BCUT2D eigenvalue weighted by atomic mass is 16.5. The molecule has 0 fully saturated rings. The summed E-state index contributed by atoms with van der Waals surface area (Å²) in [4.78, 5) is 12.2. The van der Waals surface area contributed by atoms with Gasteiger partial charge in [0.25, 0.3) is 5.91 Å². The lowest BCUT2D eigenvalue weighted by molar-refractivity contribution is 0.0900. The predicted molar refractivity (Wildman–Crippen MR) is 98.9 cm³/mol. The third kappa shape index (κ3) is 3.19. The van der Waals surface area contributed by atoms with Gasteiger partial charge in [0.1, 0.15) is 17.6 Å². The van der Waals surface area contributed by atoms with Gasteiger partial charge in [-0.1, -0.05) is 42.5 Å². The number of hydrogen-bond acceptors (Lipinski definition) is 4. The molecule has 132 valence electrons. The molecule has 26 heavy (non-hydrogen) atoms. The van der Waals surface area contributed by atoms with Crippen LogP contribution in [0.3, 0.4) is 0 Å². The molecule has 1 unspecified atom stereocenters. The van der Waals surface area contributed by atoms with Crippen LogP contribution in [-0.4, -0.2) is 29.3 Å². The molecule has 0 aliphatic carbocycles. The first-order valence-electron chi connectivity index (χ1n) is 8.54. The Morgan fingerprint density at radius 1 is 1.19 bits per heavy atom. The van der Waals surface area contributed by atoms with Crippen LogP contribution in [0.2, 0.25) is 0 Å². The molecule has 1 atom stereocenters. The molecule has 0 saturated heterocycles. The summed E-state index contributed by atoms with van der Waals surface area (Å²) in [5.74, 6) is 0.739. The number of fused-ring (bicyclic) bond motifs is 1. The maximum Gasteiger partial charge on any atom is 0.269 e. The summed E-state index contributed by atoms with van der Waals surface area (Å²) in [7, 11) is 1.65. The minimum absolute atomic E-state index is 0.0951. The molecule has 0 spiro atoms. The first kappa shape index (κ1) is 16.4. The van der Waals surface area contributed by atoms with Crippen molar-refractivity contribution in [3.63, 3.8) is 0 Å². The summed E-state index contributed by atoms with van der Waals surface area (Å²) in [6, 6.07) is 19.6. The average Bonchev–Trinajstić information content (AvgIpc) is 3.15. The Morgan fingerprint density at radius 2 is 1.96 bits per heavy atom. The molecule has 0 radical (unpaired) electrons. The van der Waals surface area contributed by atoms with Crippen molar-refractivity contribution in [3.05, 3.63) is 71.9 Å². The van der Waals surface area contributed by atoms with Gasteiger partial charge in [0.15, 0.2) is 0 Å². The number of benzene rings is 2. The van der Waals surface area contributed by atoms with Gasteiger partial charge < -0.3 is 10.1 Å². The number of amides is 1. The molecular weight excluding hydrogens is 328 g/mol. The van der Waals surface area contributed by atoms with Gasteiger partial charge in [0.2, 0.25) is 0 Å². The van der Waals surface area contributed by atoms with Crippen molar-refractivity contribution >= 4 is 5.91 Å². The molecule has 3 aromatic rings. The molecule has 0 saturated carbocycles. The van der Waals surface area contributed by atoms with E-state index in [2.05, 4.69) is 15.7 Å². The average molecular weight is 348 g/mol. The number of rotatable bonds is 5. The summed E-state index contributed by atoms with van der Waals surface area (Å²) in [5.41, 5.74) is 3.51. The Hall–Kier alpha value is -3.12. The second-order valence-electron chi connectivity index (χ2n) is 6.18. The lowest BCUT2D eigenvalue weighted by atomic mass is 10.1. The fourth-order valence-electron chi connectivity index (χ4n) is 3.06. The number of carbonyl (C=O) groups is 1. The second kappa shape index (κ2) is 7.01. The zero-order valence-electron chi connectivity index (χ0n) is 14.5. The molecule has 6 nitrogen and oxygen atoms in total. The lowest BCUT2D eigenvalue weighted by Gasteiger charge is -2.25. The van der Waals surface area contributed by atoms with Gasteiger partial charge in [-0.3, -0.25) is 10.1 Å². The van der Waals surface area contributed by atoms with Crippen molar-refractivity contribution < 1.29 is 9.53 Å². The van der Waals surface area contributed by atoms with E-state index in [9.17, 15) is 4.79 Å². The zero-order chi connectivity index (χ0) is 17.9. The van der Waals surface area contributed by atoms with Crippen molar-refractivity contribution in [2.24, 2.45) is 0 Å². The molecule has 1 aliphatic heterocycles. The quantitative estimate of drug-likeness (QED) is 0.744. The SMILES string of the molecule is COc1ccc(CNC2CNC(=O)c3cc(-c4ccccc4)nn32)cc1. The van der Waals surface area contributed by atoms with Gasteiger partial charge in [0, 0.05) is 12.1 Å². The number of nitrogens with zero attached hydrogens (tertiary/aromatic N) is 2. The van der Waals surface area contributed by atoms with Crippen LogP contribution in [0.5, 0.6) is 5.75 Å². The lowest BCUT2D eigenvalue weighted by Crippen LogP contribution is -2.45. The highest BCUT2D eigenvalue weighted by Crippen LogP contribution is 2.23. The Labute approximate surface area is 151 Å². The monoisotopic (exact) mass is 348 g/mol. The van der Waals surface area contributed by atoms with E-state index < -0.39 is 0 Å². The molecule has 2 aromatic carbocycles. The van der Waals surface area contributed by atoms with E-state index in [4.69, 9.17) is 4.74 Å². The number of ether oxygens (including phenoxy) is 1. The van der Waals surface area contributed by atoms with E-state index in [1.165, 1.54) is 0 Å². The topological polar surface area (TPSA) is 68.2 Å². The Kier molecular flexibility index (Phi) is 4.41. The summed E-state index contributed by atoms with van der Waals surface area (Å²) >= 11 is 0. The van der Waals surface area contributed by atoms with E-state index >= 15 is 0 Å². The van der Waals surface area contributed by atoms with Crippen LogP contribution in [0.25, 0.3) is 11.3 Å². The third-order valence-corrected chi connectivity index (χ3v) is 4.49. The van der Waals surface area contributed by atoms with E-state index in [0.717, 1.165) is 22.6 Å². The third-order valence-electron chi connectivity index (χ3n) is 4.49. The Bertz CT molecular complexity index is 903. The maximum absolute atomic E-state index is 12.2. The molecule has 4 rings (SSSR count). The van der Waals surface area contributed by atoms with Crippen LogP contribution >= 0.6 is 0 Å². The van der Waals surface area contributed by atoms with Crippen LogP contribution in [0.1, 0.15) is 22.2 Å². The minimum atomic E-state index is -0.0952. The summed E-state index contributed by atoms with van der Waals surface area (Å²) in [5, 5.41) is 11.1. The minimum Gasteiger partial charge on any atom is -0.497 e. The van der Waals surface area contributed by atoms with Crippen LogP contribution in [-0.2, 0) is 6.54 Å². The Morgan fingerprint density at radius 3 is 2.69 bits per heavy atom. The fraction of sp³-hybridized carbons (Fsp3) is 0.200. The van der Waals surface area contributed by atoms with Crippen molar-refractivity contribution in [1.82, 2.24) is 20.4 Å². The van der Waals surface area contributed by atoms with Crippen LogP contribution in [0, 0.1) is 0 Å². The molecule has 2 heterocycles. The highest BCUT2D eigenvalue weighted by molar-refractivity contribution is 5.94. The van der Waals surface area contributed by atoms with Crippen LogP contribution in [0.15, 0.2) is 60.7 Å². The zero-order valence-corrected chi connectivity index (χ0v) is 14.5. The number of methoxy groups -OCH3 is 1. The first-order chi connectivity index (χ1) is 12.7. The van der Waals surface area contributed by atoms with Gasteiger partial charge >= 0.3 is 0 Å².